The molecule has 1 heterocycles. The summed E-state index contributed by atoms with van der Waals surface area (Å²) in [6, 6.07) is 9.50. The lowest BCUT2D eigenvalue weighted by Gasteiger charge is -2.18. The van der Waals surface area contributed by atoms with Crippen LogP contribution in [0.1, 0.15) is 31.5 Å². The molecule has 1 N–H and O–H groups in total. The number of nitriles is 1. The van der Waals surface area contributed by atoms with Gasteiger partial charge in [0.05, 0.1) is 17.0 Å². The highest BCUT2D eigenvalue weighted by Gasteiger charge is 2.31. The van der Waals surface area contributed by atoms with Crippen molar-refractivity contribution in [3.63, 3.8) is 0 Å². The van der Waals surface area contributed by atoms with E-state index >= 15 is 0 Å². The molecule has 1 fully saturated rings. The molecule has 1 aromatic carbocycles. The third kappa shape index (κ3) is 3.57. The van der Waals surface area contributed by atoms with Gasteiger partial charge in [-0.15, -0.1) is 0 Å². The fourth-order valence-corrected chi connectivity index (χ4v) is 2.69. The number of fused-ring (bicyclic) bond motifs is 1. The maximum atomic E-state index is 12.2. The zero-order valence-corrected chi connectivity index (χ0v) is 12.8. The third-order valence-electron chi connectivity index (χ3n) is 4.02. The number of para-hydroxylation sites is 1. The summed E-state index contributed by atoms with van der Waals surface area (Å²) in [5, 5.41) is 9.37. The molecule has 0 aliphatic heterocycles. The Morgan fingerprint density at radius 1 is 1.39 bits per heavy atom. The lowest BCUT2D eigenvalue weighted by atomic mass is 10.2. The van der Waals surface area contributed by atoms with E-state index in [2.05, 4.69) is 16.0 Å². The van der Waals surface area contributed by atoms with Gasteiger partial charge < -0.3 is 9.88 Å². The van der Waals surface area contributed by atoms with Gasteiger partial charge in [0, 0.05) is 18.9 Å². The summed E-state index contributed by atoms with van der Waals surface area (Å²) >= 11 is 0. The minimum absolute atomic E-state index is 0.0113. The van der Waals surface area contributed by atoms with Crippen molar-refractivity contribution in [1.82, 2.24) is 14.9 Å². The molecule has 1 saturated carbocycles. The highest BCUT2D eigenvalue weighted by atomic mass is 16.2. The van der Waals surface area contributed by atoms with Crippen LogP contribution in [0.5, 0.6) is 0 Å². The maximum Gasteiger partial charge on any atom is 0.258 e. The van der Waals surface area contributed by atoms with Crippen LogP contribution >= 0.6 is 0 Å². The molecule has 1 aliphatic rings. The van der Waals surface area contributed by atoms with Crippen molar-refractivity contribution in [3.05, 3.63) is 40.4 Å². The number of nitrogens with zero attached hydrogens (tertiary/aromatic N) is 3. The van der Waals surface area contributed by atoms with Crippen LogP contribution in [0.3, 0.4) is 0 Å². The number of carbonyl (C=O) groups excluding carboxylic acids is 1. The van der Waals surface area contributed by atoms with Gasteiger partial charge in [0.2, 0.25) is 5.91 Å². The molecule has 0 unspecified atom stereocenters. The second kappa shape index (κ2) is 6.61. The van der Waals surface area contributed by atoms with Crippen LogP contribution in [0.15, 0.2) is 29.1 Å². The number of carbonyl (C=O) groups is 1. The van der Waals surface area contributed by atoms with Gasteiger partial charge in [0.1, 0.15) is 12.4 Å². The Hall–Kier alpha value is -2.68. The van der Waals surface area contributed by atoms with E-state index in [4.69, 9.17) is 5.26 Å². The molecule has 0 radical (unpaired) electrons. The number of hydrogen-bond acceptors (Lipinski definition) is 4. The molecule has 0 saturated heterocycles. The Bertz CT molecular complexity index is 817. The van der Waals surface area contributed by atoms with Crippen LogP contribution in [-0.4, -0.2) is 33.4 Å². The average molecular weight is 310 g/mol. The Kier molecular flexibility index (Phi) is 4.38. The van der Waals surface area contributed by atoms with Crippen molar-refractivity contribution in [1.29, 1.82) is 5.26 Å². The van der Waals surface area contributed by atoms with Crippen LogP contribution < -0.4 is 5.56 Å². The predicted octanol–water partition coefficient (Wildman–Crippen LogP) is 1.76. The average Bonchev–Trinajstić information content (AvgIpc) is 3.37. The molecule has 2 aromatic rings. The fraction of sp³-hybridized carbons (Fsp3) is 0.412. The molecule has 0 spiro atoms. The second-order valence-corrected chi connectivity index (χ2v) is 5.79. The van der Waals surface area contributed by atoms with Crippen LogP contribution in [0.4, 0.5) is 0 Å². The summed E-state index contributed by atoms with van der Waals surface area (Å²) in [7, 11) is 0. The SMILES string of the molecule is N#CCN(C(=O)CCCc1nc2ccccc2c(=O)[nH]1)C1CC1. The van der Waals surface area contributed by atoms with Gasteiger partial charge in [-0.25, -0.2) is 4.98 Å². The highest BCUT2D eigenvalue weighted by Crippen LogP contribution is 2.27. The number of aromatic amines is 1. The topological polar surface area (TPSA) is 89.8 Å². The molecule has 3 rings (SSSR count). The van der Waals surface area contributed by atoms with Gasteiger partial charge in [-0.05, 0) is 31.4 Å². The number of hydrogen-bond donors (Lipinski definition) is 1. The Labute approximate surface area is 133 Å². The number of aryl methyl sites for hydroxylation is 1. The molecule has 0 bridgehead atoms. The van der Waals surface area contributed by atoms with Crippen LogP contribution in [-0.2, 0) is 11.2 Å². The summed E-state index contributed by atoms with van der Waals surface area (Å²) < 4.78 is 0. The number of rotatable bonds is 6. The van der Waals surface area contributed by atoms with Crippen LogP contribution in [0.25, 0.3) is 10.9 Å². The second-order valence-electron chi connectivity index (χ2n) is 5.79. The first-order valence-electron chi connectivity index (χ1n) is 7.83. The lowest BCUT2D eigenvalue weighted by Crippen LogP contribution is -2.33. The first-order chi connectivity index (χ1) is 11.2. The van der Waals surface area contributed by atoms with E-state index in [1.54, 1.807) is 23.1 Å². The Morgan fingerprint density at radius 3 is 2.91 bits per heavy atom. The standard InChI is InChI=1S/C17H18N4O2/c18-10-11-21(12-8-9-12)16(22)7-3-6-15-19-14-5-2-1-4-13(14)17(23)20-15/h1-2,4-5,12H,3,6-9,11H2,(H,19,20,23). The number of aromatic nitrogens is 2. The molecule has 118 valence electrons. The largest absolute Gasteiger partial charge is 0.326 e. The van der Waals surface area contributed by atoms with E-state index in [-0.39, 0.29) is 24.1 Å². The predicted molar refractivity (Wildman–Crippen MR) is 85.6 cm³/mol. The van der Waals surface area contributed by atoms with Crippen molar-refractivity contribution < 1.29 is 4.79 Å². The Morgan fingerprint density at radius 2 is 2.17 bits per heavy atom. The summed E-state index contributed by atoms with van der Waals surface area (Å²) in [5.74, 6) is 0.608. The zero-order chi connectivity index (χ0) is 16.2. The van der Waals surface area contributed by atoms with E-state index in [0.29, 0.717) is 36.0 Å². The third-order valence-corrected chi connectivity index (χ3v) is 4.02. The van der Waals surface area contributed by atoms with Gasteiger partial charge in [0.15, 0.2) is 0 Å². The van der Waals surface area contributed by atoms with Crippen molar-refractivity contribution in [2.45, 2.75) is 38.1 Å². The molecular formula is C17H18N4O2. The van der Waals surface area contributed by atoms with Crippen molar-refractivity contribution in [2.24, 2.45) is 0 Å². The number of benzene rings is 1. The molecule has 1 aromatic heterocycles. The zero-order valence-electron chi connectivity index (χ0n) is 12.8. The van der Waals surface area contributed by atoms with E-state index in [1.807, 2.05) is 6.07 Å². The Balaban J connectivity index is 1.61. The fourth-order valence-electron chi connectivity index (χ4n) is 2.69. The van der Waals surface area contributed by atoms with E-state index in [1.165, 1.54) is 0 Å². The maximum absolute atomic E-state index is 12.2. The number of nitrogens with one attached hydrogen (secondary N) is 1. The van der Waals surface area contributed by atoms with E-state index in [0.717, 1.165) is 12.8 Å². The molecule has 1 aliphatic carbocycles. The quantitative estimate of drug-likeness (QED) is 0.823. The highest BCUT2D eigenvalue weighted by molar-refractivity contribution is 5.77. The van der Waals surface area contributed by atoms with E-state index < -0.39 is 0 Å². The minimum Gasteiger partial charge on any atom is -0.326 e. The smallest absolute Gasteiger partial charge is 0.258 e. The van der Waals surface area contributed by atoms with Crippen LogP contribution in [0, 0.1) is 11.3 Å². The molecule has 0 atom stereocenters. The van der Waals surface area contributed by atoms with Crippen molar-refractivity contribution in [3.8, 4) is 6.07 Å². The first-order valence-corrected chi connectivity index (χ1v) is 7.83. The normalized spacial score (nSPS) is 13.7. The number of amides is 1. The van der Waals surface area contributed by atoms with Gasteiger partial charge in [-0.2, -0.15) is 5.26 Å². The first kappa shape index (κ1) is 15.2. The van der Waals surface area contributed by atoms with Gasteiger partial charge in [-0.1, -0.05) is 12.1 Å². The molecular weight excluding hydrogens is 292 g/mol. The van der Waals surface area contributed by atoms with Gasteiger partial charge in [-0.3, -0.25) is 9.59 Å². The van der Waals surface area contributed by atoms with Crippen LogP contribution in [0.2, 0.25) is 0 Å². The van der Waals surface area contributed by atoms with Gasteiger partial charge in [0.25, 0.3) is 5.56 Å². The number of H-pyrrole nitrogens is 1. The molecule has 23 heavy (non-hydrogen) atoms. The summed E-state index contributed by atoms with van der Waals surface area (Å²) in [6.07, 6.45) is 3.50. The summed E-state index contributed by atoms with van der Waals surface area (Å²) in [6.45, 7) is 0.161. The van der Waals surface area contributed by atoms with E-state index in [9.17, 15) is 9.59 Å². The molecule has 6 heteroatoms. The summed E-state index contributed by atoms with van der Waals surface area (Å²) in [4.78, 5) is 33.0. The van der Waals surface area contributed by atoms with Crippen molar-refractivity contribution in [2.75, 3.05) is 6.54 Å². The van der Waals surface area contributed by atoms with Crippen molar-refractivity contribution >= 4 is 16.8 Å². The molecule has 1 amide bonds. The van der Waals surface area contributed by atoms with Gasteiger partial charge >= 0.3 is 0 Å². The lowest BCUT2D eigenvalue weighted by molar-refractivity contribution is -0.131. The monoisotopic (exact) mass is 310 g/mol. The minimum atomic E-state index is -0.152. The summed E-state index contributed by atoms with van der Waals surface area (Å²) in [5.41, 5.74) is 0.516. The molecule has 6 nitrogen and oxygen atoms in total.